The van der Waals surface area contributed by atoms with Crippen LogP contribution >= 0.6 is 0 Å². The number of ether oxygens (including phenoxy) is 2. The van der Waals surface area contributed by atoms with Gasteiger partial charge in [-0.05, 0) is 38.5 Å². The summed E-state index contributed by atoms with van der Waals surface area (Å²) in [6, 6.07) is 0. The number of unbranched alkanes of at least 4 members (excludes halogenated alkanes) is 16. The molecule has 7 nitrogen and oxygen atoms in total. The molecular weight excluding hydrogens is 652 g/mol. The van der Waals surface area contributed by atoms with Crippen molar-refractivity contribution in [2.24, 2.45) is 0 Å². The Balaban J connectivity index is 3.67. The molecule has 0 unspecified atom stereocenters. The molecular formula is C45H76O7. The lowest BCUT2D eigenvalue weighted by atomic mass is 10.0. The van der Waals surface area contributed by atoms with Crippen LogP contribution in [0.5, 0.6) is 0 Å². The molecule has 3 atom stereocenters. The zero-order valence-corrected chi connectivity index (χ0v) is 33.0. The predicted molar refractivity (Wildman–Crippen MR) is 217 cm³/mol. The third-order valence-corrected chi connectivity index (χ3v) is 8.64. The summed E-state index contributed by atoms with van der Waals surface area (Å²) in [5, 5.41) is 29.8. The third-order valence-electron chi connectivity index (χ3n) is 8.64. The molecule has 0 aromatic carbocycles. The van der Waals surface area contributed by atoms with Crippen molar-refractivity contribution in [2.75, 3.05) is 13.2 Å². The number of hydrogen-bond donors (Lipinski definition) is 3. The summed E-state index contributed by atoms with van der Waals surface area (Å²) < 4.78 is 10.2. The smallest absolute Gasteiger partial charge is 0.306 e. The van der Waals surface area contributed by atoms with E-state index in [1.807, 2.05) is 48.6 Å². The van der Waals surface area contributed by atoms with Crippen LogP contribution in [0, 0.1) is 0 Å². The number of hydrogen-bond acceptors (Lipinski definition) is 7. The fourth-order valence-corrected chi connectivity index (χ4v) is 5.46. The van der Waals surface area contributed by atoms with Gasteiger partial charge in [-0.25, -0.2) is 0 Å². The van der Waals surface area contributed by atoms with Crippen LogP contribution in [-0.4, -0.2) is 58.8 Å². The van der Waals surface area contributed by atoms with E-state index in [1.54, 1.807) is 24.3 Å². The van der Waals surface area contributed by atoms with E-state index in [0.29, 0.717) is 32.1 Å². The average Bonchev–Trinajstić information content (AvgIpc) is 3.13. The van der Waals surface area contributed by atoms with Gasteiger partial charge in [-0.1, -0.05) is 189 Å². The van der Waals surface area contributed by atoms with Crippen LogP contribution in [0.2, 0.25) is 0 Å². The highest BCUT2D eigenvalue weighted by Crippen LogP contribution is 2.14. The summed E-state index contributed by atoms with van der Waals surface area (Å²) in [5.41, 5.74) is 0. The number of allylic oxidation sites excluding steroid dienone is 8. The Bertz CT molecular complexity index is 994. The average molecular weight is 729 g/mol. The lowest BCUT2D eigenvalue weighted by Gasteiger charge is -2.12. The van der Waals surface area contributed by atoms with Crippen molar-refractivity contribution in [3.63, 3.8) is 0 Å². The molecule has 0 bridgehead atoms. The maximum atomic E-state index is 12.0. The van der Waals surface area contributed by atoms with E-state index in [2.05, 4.69) is 13.8 Å². The number of aliphatic hydroxyl groups is 3. The Morgan fingerprint density at radius 1 is 0.500 bits per heavy atom. The van der Waals surface area contributed by atoms with Crippen LogP contribution in [0.4, 0.5) is 0 Å². The predicted octanol–water partition coefficient (Wildman–Crippen LogP) is 10.9. The van der Waals surface area contributed by atoms with Crippen LogP contribution in [0.1, 0.15) is 168 Å². The van der Waals surface area contributed by atoms with Crippen LogP contribution in [0.15, 0.2) is 72.9 Å². The van der Waals surface area contributed by atoms with E-state index >= 15 is 0 Å². The summed E-state index contributed by atoms with van der Waals surface area (Å²) in [5.74, 6) is -0.727. The molecule has 298 valence electrons. The molecule has 7 heteroatoms. The zero-order valence-electron chi connectivity index (χ0n) is 33.0. The van der Waals surface area contributed by atoms with Crippen molar-refractivity contribution < 1.29 is 34.4 Å². The molecule has 0 rings (SSSR count). The van der Waals surface area contributed by atoms with E-state index in [1.165, 1.54) is 89.9 Å². The van der Waals surface area contributed by atoms with Crippen LogP contribution in [0.25, 0.3) is 0 Å². The first-order chi connectivity index (χ1) is 25.4. The van der Waals surface area contributed by atoms with Gasteiger partial charge in [0.1, 0.15) is 19.3 Å². The van der Waals surface area contributed by atoms with E-state index in [4.69, 9.17) is 9.47 Å². The molecule has 0 radical (unpaired) electrons. The topological polar surface area (TPSA) is 113 Å². The molecule has 0 saturated heterocycles. The largest absolute Gasteiger partial charge is 0.463 e. The lowest BCUT2D eigenvalue weighted by molar-refractivity contribution is -0.152. The van der Waals surface area contributed by atoms with Crippen molar-refractivity contribution in [2.45, 2.75) is 186 Å². The van der Waals surface area contributed by atoms with Gasteiger partial charge in [-0.3, -0.25) is 9.59 Å². The Labute approximate surface area is 318 Å². The summed E-state index contributed by atoms with van der Waals surface area (Å²) >= 11 is 0. The van der Waals surface area contributed by atoms with Crippen LogP contribution < -0.4 is 0 Å². The summed E-state index contributed by atoms with van der Waals surface area (Å²) in [6.45, 7) is 3.96. The number of aliphatic hydroxyl groups excluding tert-OH is 3. The first-order valence-corrected chi connectivity index (χ1v) is 20.7. The molecule has 0 heterocycles. The fourth-order valence-electron chi connectivity index (χ4n) is 5.46. The van der Waals surface area contributed by atoms with Gasteiger partial charge < -0.3 is 24.8 Å². The van der Waals surface area contributed by atoms with Gasteiger partial charge >= 0.3 is 11.9 Å². The molecule has 0 aromatic rings. The Hall–Kier alpha value is -2.74. The second-order valence-corrected chi connectivity index (χ2v) is 13.8. The second-order valence-electron chi connectivity index (χ2n) is 13.8. The normalized spacial score (nSPS) is 14.2. The van der Waals surface area contributed by atoms with Crippen molar-refractivity contribution in [3.8, 4) is 0 Å². The molecule has 0 saturated carbocycles. The molecule has 0 aliphatic rings. The van der Waals surface area contributed by atoms with Gasteiger partial charge in [0, 0.05) is 12.8 Å². The summed E-state index contributed by atoms with van der Waals surface area (Å²) in [4.78, 5) is 23.9. The molecule has 3 N–H and O–H groups in total. The number of carbonyl (C=O) groups excluding carboxylic acids is 2. The SMILES string of the molecule is CC/C=C\C[C@@H](O)/C=C/C=C\C=C\[C@@H](O)C/C=C\C/C=C\CCC(=O)OC[C@@H](O)COC(=O)CCCCCCCCCCCCCCCCCCC. The molecule has 0 spiro atoms. The number of rotatable bonds is 36. The quantitative estimate of drug-likeness (QED) is 0.0255. The van der Waals surface area contributed by atoms with Gasteiger partial charge in [0.05, 0.1) is 12.2 Å². The minimum Gasteiger partial charge on any atom is -0.463 e. The molecule has 52 heavy (non-hydrogen) atoms. The highest BCUT2D eigenvalue weighted by Gasteiger charge is 2.11. The Kier molecular flexibility index (Phi) is 37.4. The zero-order chi connectivity index (χ0) is 38.2. The molecule has 0 aromatic heterocycles. The highest BCUT2D eigenvalue weighted by atomic mass is 16.6. The van der Waals surface area contributed by atoms with Gasteiger partial charge in [0.15, 0.2) is 0 Å². The minimum absolute atomic E-state index is 0.168. The van der Waals surface area contributed by atoms with E-state index in [-0.39, 0.29) is 25.6 Å². The van der Waals surface area contributed by atoms with E-state index in [9.17, 15) is 24.9 Å². The van der Waals surface area contributed by atoms with E-state index < -0.39 is 24.3 Å². The van der Waals surface area contributed by atoms with Crippen molar-refractivity contribution >= 4 is 11.9 Å². The van der Waals surface area contributed by atoms with Gasteiger partial charge in [0.25, 0.3) is 0 Å². The lowest BCUT2D eigenvalue weighted by Crippen LogP contribution is -2.25. The third kappa shape index (κ3) is 38.5. The first kappa shape index (κ1) is 49.3. The van der Waals surface area contributed by atoms with Crippen molar-refractivity contribution in [1.82, 2.24) is 0 Å². The number of esters is 2. The highest BCUT2D eigenvalue weighted by molar-refractivity contribution is 5.70. The van der Waals surface area contributed by atoms with E-state index in [0.717, 1.165) is 25.7 Å². The van der Waals surface area contributed by atoms with Gasteiger partial charge in [0.2, 0.25) is 0 Å². The van der Waals surface area contributed by atoms with Crippen molar-refractivity contribution in [3.05, 3.63) is 72.9 Å². The molecule has 0 aliphatic heterocycles. The fraction of sp³-hybridized carbons (Fsp3) is 0.689. The molecule has 0 fully saturated rings. The second kappa shape index (κ2) is 39.5. The van der Waals surface area contributed by atoms with Gasteiger partial charge in [-0.15, -0.1) is 0 Å². The first-order valence-electron chi connectivity index (χ1n) is 20.7. The summed E-state index contributed by atoms with van der Waals surface area (Å²) in [7, 11) is 0. The van der Waals surface area contributed by atoms with Crippen LogP contribution in [0.3, 0.4) is 0 Å². The molecule has 0 aliphatic carbocycles. The monoisotopic (exact) mass is 729 g/mol. The number of carbonyl (C=O) groups is 2. The Morgan fingerprint density at radius 3 is 1.40 bits per heavy atom. The maximum absolute atomic E-state index is 12.0. The molecule has 0 amide bonds. The van der Waals surface area contributed by atoms with Crippen LogP contribution in [-0.2, 0) is 19.1 Å². The standard InChI is InChI=1S/C45H76O7/c1-3-5-7-8-9-10-11-12-13-14-15-16-17-18-19-23-31-37-44(49)51-39-43(48)40-52-45(50)38-32-24-21-20-22-28-34-42(47)36-30-26-25-29-35-41(46)33-27-6-4-2/h6,21-22,24-30,35-36,41-43,46-48H,3-5,7-20,23,31-34,37-40H2,1-2H3/b24-21-,26-25-,27-6-,28-22-,35-29+,36-30+/t41-,42+,43+/m1/s1. The van der Waals surface area contributed by atoms with Gasteiger partial charge in [-0.2, -0.15) is 0 Å². The Morgan fingerprint density at radius 2 is 0.923 bits per heavy atom. The summed E-state index contributed by atoms with van der Waals surface area (Å²) in [6.07, 6.45) is 46.1. The maximum Gasteiger partial charge on any atom is 0.306 e. The minimum atomic E-state index is -1.03. The van der Waals surface area contributed by atoms with Crippen molar-refractivity contribution in [1.29, 1.82) is 0 Å².